The zero-order valence-corrected chi connectivity index (χ0v) is 11.9. The first-order valence-corrected chi connectivity index (χ1v) is 6.51. The summed E-state index contributed by atoms with van der Waals surface area (Å²) < 4.78 is 5.55. The highest BCUT2D eigenvalue weighted by Gasteiger charge is 2.27. The molecule has 0 rings (SSSR count). The van der Waals surface area contributed by atoms with Crippen LogP contribution < -0.4 is 0 Å². The number of rotatable bonds is 8. The van der Waals surface area contributed by atoms with Gasteiger partial charge in [-0.3, -0.25) is 0 Å². The summed E-state index contributed by atoms with van der Waals surface area (Å²) in [6.45, 7) is 8.24. The summed E-state index contributed by atoms with van der Waals surface area (Å²) in [6.07, 6.45) is 9.66. The summed E-state index contributed by atoms with van der Waals surface area (Å²) in [5.41, 5.74) is 0. The monoisotopic (exact) mass is 240 g/mol. The maximum atomic E-state index is 10.1. The average Bonchev–Trinajstić information content (AvgIpc) is 2.33. The summed E-state index contributed by atoms with van der Waals surface area (Å²) in [5.74, 6) is 0.572. The van der Waals surface area contributed by atoms with Crippen LogP contribution in [0, 0.1) is 11.8 Å². The molecule has 0 aromatic rings. The van der Waals surface area contributed by atoms with Crippen LogP contribution in [-0.2, 0) is 4.74 Å². The van der Waals surface area contributed by atoms with E-state index in [9.17, 15) is 5.11 Å². The van der Waals surface area contributed by atoms with Gasteiger partial charge < -0.3 is 9.84 Å². The maximum Gasteiger partial charge on any atom is 0.0650 e. The first-order valence-electron chi connectivity index (χ1n) is 6.51. The molecule has 0 aromatic carbocycles. The molecular formula is C15H28O2. The molecule has 1 N–H and O–H groups in total. The van der Waals surface area contributed by atoms with E-state index in [1.807, 2.05) is 26.0 Å². The van der Waals surface area contributed by atoms with E-state index in [-0.39, 0.29) is 18.1 Å². The minimum Gasteiger partial charge on any atom is -0.392 e. The van der Waals surface area contributed by atoms with Gasteiger partial charge in [0, 0.05) is 13.0 Å². The van der Waals surface area contributed by atoms with Crippen molar-refractivity contribution in [2.75, 3.05) is 7.11 Å². The Kier molecular flexibility index (Phi) is 9.10. The summed E-state index contributed by atoms with van der Waals surface area (Å²) >= 11 is 0. The molecule has 0 radical (unpaired) electrons. The third kappa shape index (κ3) is 6.04. The standard InChI is InChI=1S/C15H28O2/c1-6-8-10-12(3)15(17-5)13(4)14(16)11-9-7-2/h6-9,12-16H,10-11H2,1-5H3/b8-6+,9-7+/t12-,13-,14+,15+/m0/s1. The van der Waals surface area contributed by atoms with Crippen LogP contribution >= 0.6 is 0 Å². The molecule has 0 fully saturated rings. The Morgan fingerprint density at radius 2 is 1.59 bits per heavy atom. The van der Waals surface area contributed by atoms with Crippen LogP contribution in [0.5, 0.6) is 0 Å². The van der Waals surface area contributed by atoms with E-state index in [0.29, 0.717) is 12.3 Å². The van der Waals surface area contributed by atoms with E-state index in [0.717, 1.165) is 6.42 Å². The van der Waals surface area contributed by atoms with Crippen molar-refractivity contribution in [3.8, 4) is 0 Å². The Morgan fingerprint density at radius 1 is 1.06 bits per heavy atom. The van der Waals surface area contributed by atoms with Crippen molar-refractivity contribution in [2.24, 2.45) is 11.8 Å². The van der Waals surface area contributed by atoms with Crippen LogP contribution in [0.15, 0.2) is 24.3 Å². The van der Waals surface area contributed by atoms with Crippen molar-refractivity contribution in [1.82, 2.24) is 0 Å². The number of aliphatic hydroxyl groups is 1. The molecule has 2 nitrogen and oxygen atoms in total. The van der Waals surface area contributed by atoms with Gasteiger partial charge in [0.1, 0.15) is 0 Å². The second-order valence-corrected chi connectivity index (χ2v) is 4.71. The number of ether oxygens (including phenoxy) is 1. The Bertz CT molecular complexity index is 233. The van der Waals surface area contributed by atoms with Crippen LogP contribution in [0.3, 0.4) is 0 Å². The Balaban J connectivity index is 4.41. The molecule has 0 amide bonds. The van der Waals surface area contributed by atoms with Crippen molar-refractivity contribution >= 4 is 0 Å². The lowest BCUT2D eigenvalue weighted by Gasteiger charge is -2.30. The second kappa shape index (κ2) is 9.43. The molecule has 0 bridgehead atoms. The van der Waals surface area contributed by atoms with Crippen LogP contribution in [-0.4, -0.2) is 24.4 Å². The first-order chi connectivity index (χ1) is 8.08. The van der Waals surface area contributed by atoms with Crippen molar-refractivity contribution in [2.45, 2.75) is 52.7 Å². The topological polar surface area (TPSA) is 29.5 Å². The lowest BCUT2D eigenvalue weighted by molar-refractivity contribution is -0.0320. The summed E-state index contributed by atoms with van der Waals surface area (Å²) in [7, 11) is 1.73. The first kappa shape index (κ1) is 16.4. The number of hydrogen-bond donors (Lipinski definition) is 1. The van der Waals surface area contributed by atoms with Crippen LogP contribution in [0.25, 0.3) is 0 Å². The van der Waals surface area contributed by atoms with E-state index in [1.165, 1.54) is 0 Å². The van der Waals surface area contributed by atoms with Crippen LogP contribution in [0.2, 0.25) is 0 Å². The van der Waals surface area contributed by atoms with Gasteiger partial charge in [-0.05, 0) is 32.6 Å². The molecular weight excluding hydrogens is 212 g/mol. The number of aliphatic hydroxyl groups excluding tert-OH is 1. The predicted octanol–water partition coefficient (Wildman–Crippen LogP) is 3.57. The SMILES string of the molecule is C/C=C/C[C@@H](O)[C@H](C)[C@H](OC)[C@@H](C)C/C=C/C. The molecule has 0 heterocycles. The highest BCUT2D eigenvalue weighted by atomic mass is 16.5. The third-order valence-electron chi connectivity index (χ3n) is 3.31. The summed E-state index contributed by atoms with van der Waals surface area (Å²) in [6, 6.07) is 0. The lowest BCUT2D eigenvalue weighted by Crippen LogP contribution is -2.35. The molecule has 0 aromatic heterocycles. The normalized spacial score (nSPS) is 19.6. The van der Waals surface area contributed by atoms with E-state index in [4.69, 9.17) is 4.74 Å². The molecule has 0 aliphatic rings. The van der Waals surface area contributed by atoms with E-state index >= 15 is 0 Å². The minimum atomic E-state index is -0.329. The molecule has 2 heteroatoms. The number of allylic oxidation sites excluding steroid dienone is 3. The molecule has 0 spiro atoms. The highest BCUT2D eigenvalue weighted by molar-refractivity contribution is 4.88. The summed E-state index contributed by atoms with van der Waals surface area (Å²) in [4.78, 5) is 0. The van der Waals surface area contributed by atoms with Gasteiger partial charge in [-0.25, -0.2) is 0 Å². The quantitative estimate of drug-likeness (QED) is 0.657. The molecule has 17 heavy (non-hydrogen) atoms. The van der Waals surface area contributed by atoms with Crippen LogP contribution in [0.4, 0.5) is 0 Å². The fourth-order valence-corrected chi connectivity index (χ4v) is 2.16. The molecule has 0 aliphatic heterocycles. The van der Waals surface area contributed by atoms with Gasteiger partial charge in [-0.15, -0.1) is 0 Å². The predicted molar refractivity (Wildman–Crippen MR) is 74.0 cm³/mol. The van der Waals surface area contributed by atoms with Crippen molar-refractivity contribution in [3.63, 3.8) is 0 Å². The molecule has 4 atom stereocenters. The fourth-order valence-electron chi connectivity index (χ4n) is 2.16. The van der Waals surface area contributed by atoms with Gasteiger partial charge in [0.05, 0.1) is 12.2 Å². The van der Waals surface area contributed by atoms with Gasteiger partial charge in [-0.2, -0.15) is 0 Å². The van der Waals surface area contributed by atoms with E-state index in [1.54, 1.807) is 7.11 Å². The largest absolute Gasteiger partial charge is 0.392 e. The van der Waals surface area contributed by atoms with Gasteiger partial charge in [0.2, 0.25) is 0 Å². The minimum absolute atomic E-state index is 0.103. The Hall–Kier alpha value is -0.600. The smallest absolute Gasteiger partial charge is 0.0650 e. The second-order valence-electron chi connectivity index (χ2n) is 4.71. The third-order valence-corrected chi connectivity index (χ3v) is 3.31. The van der Waals surface area contributed by atoms with E-state index in [2.05, 4.69) is 26.0 Å². The van der Waals surface area contributed by atoms with Gasteiger partial charge in [0.15, 0.2) is 0 Å². The van der Waals surface area contributed by atoms with E-state index < -0.39 is 0 Å². The molecule has 0 unspecified atom stereocenters. The Morgan fingerprint density at radius 3 is 2.06 bits per heavy atom. The zero-order valence-electron chi connectivity index (χ0n) is 11.9. The highest BCUT2D eigenvalue weighted by Crippen LogP contribution is 2.24. The van der Waals surface area contributed by atoms with Crippen molar-refractivity contribution < 1.29 is 9.84 Å². The molecule has 0 saturated heterocycles. The number of hydrogen-bond acceptors (Lipinski definition) is 2. The fraction of sp³-hybridized carbons (Fsp3) is 0.733. The van der Waals surface area contributed by atoms with Crippen LogP contribution in [0.1, 0.15) is 40.5 Å². The molecule has 100 valence electrons. The van der Waals surface area contributed by atoms with Crippen molar-refractivity contribution in [1.29, 1.82) is 0 Å². The maximum absolute atomic E-state index is 10.1. The van der Waals surface area contributed by atoms with Gasteiger partial charge >= 0.3 is 0 Å². The average molecular weight is 240 g/mol. The van der Waals surface area contributed by atoms with Gasteiger partial charge in [0.25, 0.3) is 0 Å². The van der Waals surface area contributed by atoms with Crippen molar-refractivity contribution in [3.05, 3.63) is 24.3 Å². The van der Waals surface area contributed by atoms with Gasteiger partial charge in [-0.1, -0.05) is 38.2 Å². The molecule has 0 saturated carbocycles. The summed E-state index contributed by atoms with van der Waals surface area (Å²) in [5, 5.41) is 10.1. The zero-order chi connectivity index (χ0) is 13.3. The molecule has 0 aliphatic carbocycles. The lowest BCUT2D eigenvalue weighted by atomic mass is 9.86. The Labute approximate surface area is 106 Å². The number of methoxy groups -OCH3 is 1.